The maximum atomic E-state index is 11.8. The average Bonchev–Trinajstić information content (AvgIpc) is 2.87. The van der Waals surface area contributed by atoms with Crippen LogP contribution in [0.3, 0.4) is 0 Å². The molecule has 18 heavy (non-hydrogen) atoms. The lowest BCUT2D eigenvalue weighted by atomic mass is 10.3. The first-order valence-electron chi connectivity index (χ1n) is 5.91. The normalized spacial score (nSPS) is 32.5. The molecular formula is C10H11NO6S. The molecule has 2 rings (SSSR count). The van der Waals surface area contributed by atoms with Crippen LogP contribution in [0, 0.1) is 10.1 Å². The Morgan fingerprint density at radius 1 is 1.50 bits per heavy atom. The molecule has 7 nitrogen and oxygen atoms in total. The van der Waals surface area contributed by atoms with E-state index in [9.17, 15) is 18.5 Å². The Labute approximate surface area is 106 Å². The monoisotopic (exact) mass is 275 g/mol. The number of rotatable bonds is 5. The molecular weight excluding hydrogens is 262 g/mol. The Morgan fingerprint density at radius 3 is 2.50 bits per heavy atom. The van der Waals surface area contributed by atoms with Crippen molar-refractivity contribution in [3.05, 3.63) is 34.4 Å². The molecule has 0 aromatic heterocycles. The van der Waals surface area contributed by atoms with Crippen molar-refractivity contribution >= 4 is 15.8 Å². The second-order valence-corrected chi connectivity index (χ2v) is 5.16. The van der Waals surface area contributed by atoms with Gasteiger partial charge in [-0.15, -0.1) is 0 Å². The van der Waals surface area contributed by atoms with Gasteiger partial charge in [0.05, 0.1) is 25.2 Å². The first kappa shape index (κ1) is 10.4. The third-order valence-electron chi connectivity index (χ3n) is 2.31. The van der Waals surface area contributed by atoms with Gasteiger partial charge in [0.25, 0.3) is 15.8 Å². The van der Waals surface area contributed by atoms with Gasteiger partial charge >= 0.3 is 0 Å². The Morgan fingerprint density at radius 2 is 2.06 bits per heavy atom. The van der Waals surface area contributed by atoms with Crippen LogP contribution in [-0.4, -0.2) is 32.1 Å². The van der Waals surface area contributed by atoms with Gasteiger partial charge in [-0.05, 0) is 19.1 Å². The standard InChI is InChI=1S/C10H11NO6S/c1-7-10(17-7)6-16-18(14,15)9-4-2-8(3-5-9)11(12)13/h2-5,7,10H,6H2,1H3/t7-,10-/m0/s1/i7D,10D. The summed E-state index contributed by atoms with van der Waals surface area (Å²) >= 11 is 0. The van der Waals surface area contributed by atoms with Crippen molar-refractivity contribution in [3.8, 4) is 0 Å². The molecule has 1 aromatic carbocycles. The number of hydrogen-bond donors (Lipinski definition) is 0. The molecule has 1 fully saturated rings. The Hall–Kier alpha value is -1.51. The number of non-ortho nitro benzene ring substituents is 1. The molecule has 1 heterocycles. The van der Waals surface area contributed by atoms with Crippen LogP contribution >= 0.6 is 0 Å². The quantitative estimate of drug-likeness (QED) is 0.345. The summed E-state index contributed by atoms with van der Waals surface area (Å²) in [5.41, 5.74) is -0.245. The van der Waals surface area contributed by atoms with E-state index in [2.05, 4.69) is 4.18 Å². The topological polar surface area (TPSA) is 99.0 Å². The Kier molecular flexibility index (Phi) is 2.68. The third kappa shape index (κ3) is 2.84. The summed E-state index contributed by atoms with van der Waals surface area (Å²) in [5.74, 6) is 0. The molecule has 0 unspecified atom stereocenters. The zero-order chi connectivity index (χ0) is 15.2. The second kappa shape index (κ2) is 4.63. The van der Waals surface area contributed by atoms with Gasteiger partial charge in [-0.1, -0.05) is 0 Å². The van der Waals surface area contributed by atoms with Crippen LogP contribution in [0.15, 0.2) is 29.2 Å². The minimum Gasteiger partial charge on any atom is -0.367 e. The summed E-state index contributed by atoms with van der Waals surface area (Å²) < 4.78 is 48.0. The SMILES string of the molecule is [2H][C@@]1(C)O[C@@]1([2H])COS(=O)(=O)c1ccc([N+](=O)[O-])cc1. The van der Waals surface area contributed by atoms with Crippen LogP contribution < -0.4 is 0 Å². The van der Waals surface area contributed by atoms with Crippen molar-refractivity contribution < 1.29 is 25.0 Å². The van der Waals surface area contributed by atoms with E-state index < -0.39 is 33.8 Å². The highest BCUT2D eigenvalue weighted by molar-refractivity contribution is 7.86. The number of nitro benzene ring substituents is 1. The summed E-state index contributed by atoms with van der Waals surface area (Å²) in [6.07, 6.45) is -3.22. The van der Waals surface area contributed by atoms with Gasteiger partial charge in [0, 0.05) is 12.1 Å². The van der Waals surface area contributed by atoms with Gasteiger partial charge in [0.1, 0.15) is 6.08 Å². The number of hydrogen-bond acceptors (Lipinski definition) is 6. The minimum atomic E-state index is -4.15. The first-order chi connectivity index (χ1) is 9.07. The Bertz CT molecular complexity index is 644. The van der Waals surface area contributed by atoms with Crippen LogP contribution in [0.1, 0.15) is 9.67 Å². The van der Waals surface area contributed by atoms with Crippen molar-refractivity contribution in [2.45, 2.75) is 24.0 Å². The zero-order valence-electron chi connectivity index (χ0n) is 11.3. The van der Waals surface area contributed by atoms with Crippen LogP contribution in [0.4, 0.5) is 5.69 Å². The maximum absolute atomic E-state index is 11.8. The van der Waals surface area contributed by atoms with E-state index in [0.29, 0.717) is 0 Å². The fourth-order valence-electron chi connectivity index (χ4n) is 1.22. The number of nitrogens with zero attached hydrogens (tertiary/aromatic N) is 1. The van der Waals surface area contributed by atoms with Crippen molar-refractivity contribution in [3.63, 3.8) is 0 Å². The molecule has 0 aliphatic carbocycles. The van der Waals surface area contributed by atoms with Gasteiger partial charge in [-0.25, -0.2) is 0 Å². The van der Waals surface area contributed by atoms with Gasteiger partial charge in [0.2, 0.25) is 0 Å². The van der Waals surface area contributed by atoms with Crippen LogP contribution in [-0.2, 0) is 19.0 Å². The maximum Gasteiger partial charge on any atom is 0.297 e. The average molecular weight is 275 g/mol. The van der Waals surface area contributed by atoms with E-state index >= 15 is 0 Å². The van der Waals surface area contributed by atoms with Crippen molar-refractivity contribution in [2.24, 2.45) is 0 Å². The van der Waals surface area contributed by atoms with Crippen LogP contribution in [0.25, 0.3) is 0 Å². The lowest BCUT2D eigenvalue weighted by Crippen LogP contribution is -2.11. The number of benzene rings is 1. The van der Waals surface area contributed by atoms with E-state index in [1.165, 1.54) is 6.92 Å². The Balaban J connectivity index is 2.09. The molecule has 1 aliphatic heterocycles. The molecule has 1 aliphatic rings. The summed E-state index contributed by atoms with van der Waals surface area (Å²) in [6, 6.07) is 4.15. The highest BCUT2D eigenvalue weighted by Gasteiger charge is 2.36. The van der Waals surface area contributed by atoms with Gasteiger partial charge in [-0.2, -0.15) is 8.42 Å². The van der Waals surface area contributed by atoms with E-state index in [4.69, 9.17) is 7.48 Å². The highest BCUT2D eigenvalue weighted by atomic mass is 32.2. The van der Waals surface area contributed by atoms with Gasteiger partial charge in [-0.3, -0.25) is 14.3 Å². The summed E-state index contributed by atoms with van der Waals surface area (Å²) in [7, 11) is -4.15. The molecule has 2 atom stereocenters. The zero-order valence-corrected chi connectivity index (χ0v) is 10.1. The summed E-state index contributed by atoms with van der Waals surface area (Å²) in [6.45, 7) is 0.703. The molecule has 0 N–H and O–H groups in total. The van der Waals surface area contributed by atoms with E-state index in [1.54, 1.807) is 0 Å². The lowest BCUT2D eigenvalue weighted by molar-refractivity contribution is -0.384. The third-order valence-corrected chi connectivity index (χ3v) is 3.59. The van der Waals surface area contributed by atoms with Gasteiger partial charge < -0.3 is 4.74 Å². The highest BCUT2D eigenvalue weighted by Crippen LogP contribution is 2.23. The molecule has 0 radical (unpaired) electrons. The number of nitro groups is 1. The minimum absolute atomic E-state index is 0.245. The van der Waals surface area contributed by atoms with Crippen LogP contribution in [0.2, 0.25) is 0 Å². The lowest BCUT2D eigenvalue weighted by Gasteiger charge is -2.03. The molecule has 1 saturated heterocycles. The van der Waals surface area contributed by atoms with Gasteiger partial charge in [0.15, 0.2) is 0 Å². The molecule has 1 aromatic rings. The smallest absolute Gasteiger partial charge is 0.297 e. The molecule has 0 amide bonds. The summed E-state index contributed by atoms with van der Waals surface area (Å²) in [4.78, 5) is 9.54. The predicted octanol–water partition coefficient (Wildman–Crippen LogP) is 1.09. The molecule has 0 bridgehead atoms. The number of epoxide rings is 1. The fourth-order valence-corrected chi connectivity index (χ4v) is 2.09. The van der Waals surface area contributed by atoms with E-state index in [-0.39, 0.29) is 10.6 Å². The van der Waals surface area contributed by atoms with Crippen molar-refractivity contribution in [2.75, 3.05) is 6.61 Å². The number of ether oxygens (including phenoxy) is 1. The molecule has 8 heteroatoms. The second-order valence-electron chi connectivity index (χ2n) is 3.55. The largest absolute Gasteiger partial charge is 0.367 e. The van der Waals surface area contributed by atoms with Crippen molar-refractivity contribution in [1.82, 2.24) is 0 Å². The first-order valence-corrected chi connectivity index (χ1v) is 6.32. The van der Waals surface area contributed by atoms with E-state index in [0.717, 1.165) is 24.3 Å². The molecule has 0 saturated carbocycles. The predicted molar refractivity (Wildman–Crippen MR) is 60.6 cm³/mol. The van der Waals surface area contributed by atoms with Crippen molar-refractivity contribution in [1.29, 1.82) is 0 Å². The molecule has 98 valence electrons. The van der Waals surface area contributed by atoms with Crippen LogP contribution in [0.5, 0.6) is 0 Å². The molecule has 0 spiro atoms. The fraction of sp³-hybridized carbons (Fsp3) is 0.400. The van der Waals surface area contributed by atoms with E-state index in [1.807, 2.05) is 0 Å². The summed E-state index contributed by atoms with van der Waals surface area (Å²) in [5, 5.41) is 10.5.